The zero-order valence-electron chi connectivity index (χ0n) is 13.2. The molecule has 0 atom stereocenters. The average Bonchev–Trinajstić information content (AvgIpc) is 2.55. The lowest BCUT2D eigenvalue weighted by Crippen LogP contribution is -2.30. The molecule has 0 heterocycles. The van der Waals surface area contributed by atoms with Gasteiger partial charge in [-0.05, 0) is 49.8 Å². The van der Waals surface area contributed by atoms with Crippen molar-refractivity contribution in [1.29, 1.82) is 0 Å². The van der Waals surface area contributed by atoms with Gasteiger partial charge in [-0.25, -0.2) is 0 Å². The van der Waals surface area contributed by atoms with Crippen molar-refractivity contribution in [2.75, 3.05) is 18.5 Å². The zero-order chi connectivity index (χ0) is 15.8. The molecule has 0 aliphatic heterocycles. The van der Waals surface area contributed by atoms with Crippen LogP contribution in [-0.2, 0) is 11.3 Å². The number of rotatable bonds is 7. The first-order valence-corrected chi connectivity index (χ1v) is 7.83. The molecule has 3 nitrogen and oxygen atoms in total. The molecule has 0 spiro atoms. The molecule has 0 unspecified atom stereocenters. The SMILES string of the molecule is CNCCCC(=O)N(Cc1ccc(Cl)cc1)c1ccccc1.Cl. The molecule has 0 bridgehead atoms. The second-order valence-electron chi connectivity index (χ2n) is 5.15. The summed E-state index contributed by atoms with van der Waals surface area (Å²) < 4.78 is 0. The number of amides is 1. The molecule has 0 saturated carbocycles. The van der Waals surface area contributed by atoms with E-state index in [0.29, 0.717) is 18.0 Å². The molecule has 0 aromatic heterocycles. The second kappa shape index (κ2) is 10.3. The summed E-state index contributed by atoms with van der Waals surface area (Å²) in [6.45, 7) is 1.40. The summed E-state index contributed by atoms with van der Waals surface area (Å²) >= 11 is 5.92. The van der Waals surface area contributed by atoms with Crippen molar-refractivity contribution in [2.45, 2.75) is 19.4 Å². The van der Waals surface area contributed by atoms with Crippen molar-refractivity contribution >= 4 is 35.6 Å². The Morgan fingerprint density at radius 2 is 1.74 bits per heavy atom. The molecular formula is C18H22Cl2N2O. The van der Waals surface area contributed by atoms with Gasteiger partial charge in [-0.2, -0.15) is 0 Å². The Morgan fingerprint density at radius 1 is 1.09 bits per heavy atom. The van der Waals surface area contributed by atoms with Gasteiger partial charge in [0.1, 0.15) is 0 Å². The Kier molecular flexibility index (Phi) is 8.70. The van der Waals surface area contributed by atoms with Crippen molar-refractivity contribution in [1.82, 2.24) is 5.32 Å². The highest BCUT2D eigenvalue weighted by molar-refractivity contribution is 6.30. The van der Waals surface area contributed by atoms with Crippen LogP contribution in [0.3, 0.4) is 0 Å². The molecule has 1 N–H and O–H groups in total. The van der Waals surface area contributed by atoms with Crippen LogP contribution in [0.4, 0.5) is 5.69 Å². The van der Waals surface area contributed by atoms with Gasteiger partial charge in [-0.1, -0.05) is 41.9 Å². The number of nitrogens with one attached hydrogen (secondary N) is 1. The van der Waals surface area contributed by atoms with Crippen LogP contribution in [-0.4, -0.2) is 19.5 Å². The highest BCUT2D eigenvalue weighted by Gasteiger charge is 2.15. The number of carbonyl (C=O) groups excluding carboxylic acids is 1. The molecule has 0 aliphatic rings. The number of para-hydroxylation sites is 1. The van der Waals surface area contributed by atoms with Gasteiger partial charge in [0.15, 0.2) is 0 Å². The Labute approximate surface area is 149 Å². The number of carbonyl (C=O) groups is 1. The summed E-state index contributed by atoms with van der Waals surface area (Å²) in [5, 5.41) is 3.78. The predicted molar refractivity (Wildman–Crippen MR) is 99.5 cm³/mol. The van der Waals surface area contributed by atoms with E-state index in [1.165, 1.54) is 0 Å². The normalized spacial score (nSPS) is 10.0. The minimum absolute atomic E-state index is 0. The third-order valence-corrected chi connectivity index (χ3v) is 3.69. The summed E-state index contributed by atoms with van der Waals surface area (Å²) in [6.07, 6.45) is 1.36. The maximum Gasteiger partial charge on any atom is 0.227 e. The topological polar surface area (TPSA) is 32.3 Å². The molecule has 23 heavy (non-hydrogen) atoms. The number of halogens is 2. The number of benzene rings is 2. The Morgan fingerprint density at radius 3 is 2.35 bits per heavy atom. The van der Waals surface area contributed by atoms with Crippen LogP contribution in [0.5, 0.6) is 0 Å². The number of anilines is 1. The molecule has 2 aromatic carbocycles. The van der Waals surface area contributed by atoms with E-state index in [9.17, 15) is 4.79 Å². The monoisotopic (exact) mass is 352 g/mol. The van der Waals surface area contributed by atoms with E-state index in [4.69, 9.17) is 11.6 Å². The van der Waals surface area contributed by atoms with Crippen molar-refractivity contribution in [3.63, 3.8) is 0 Å². The van der Waals surface area contributed by atoms with E-state index in [0.717, 1.165) is 24.2 Å². The fraction of sp³-hybridized carbons (Fsp3) is 0.278. The number of hydrogen-bond acceptors (Lipinski definition) is 2. The number of hydrogen-bond donors (Lipinski definition) is 1. The van der Waals surface area contributed by atoms with Crippen LogP contribution in [0, 0.1) is 0 Å². The van der Waals surface area contributed by atoms with Gasteiger partial charge in [0.05, 0.1) is 6.54 Å². The first-order chi connectivity index (χ1) is 10.7. The van der Waals surface area contributed by atoms with E-state index < -0.39 is 0 Å². The second-order valence-corrected chi connectivity index (χ2v) is 5.59. The van der Waals surface area contributed by atoms with Gasteiger partial charge in [-0.3, -0.25) is 4.79 Å². The van der Waals surface area contributed by atoms with Gasteiger partial charge in [0.25, 0.3) is 0 Å². The van der Waals surface area contributed by atoms with Crippen LogP contribution < -0.4 is 10.2 Å². The summed E-state index contributed by atoms with van der Waals surface area (Å²) in [4.78, 5) is 14.4. The lowest BCUT2D eigenvalue weighted by Gasteiger charge is -2.23. The largest absolute Gasteiger partial charge is 0.320 e. The van der Waals surface area contributed by atoms with Crippen molar-refractivity contribution in [3.05, 3.63) is 65.2 Å². The van der Waals surface area contributed by atoms with Gasteiger partial charge < -0.3 is 10.2 Å². The van der Waals surface area contributed by atoms with Crippen molar-refractivity contribution < 1.29 is 4.79 Å². The van der Waals surface area contributed by atoms with Gasteiger partial charge in [-0.15, -0.1) is 12.4 Å². The average molecular weight is 353 g/mol. The van der Waals surface area contributed by atoms with Crippen LogP contribution >= 0.6 is 24.0 Å². The molecule has 0 saturated heterocycles. The lowest BCUT2D eigenvalue weighted by atomic mass is 10.1. The smallest absolute Gasteiger partial charge is 0.227 e. The number of nitrogens with zero attached hydrogens (tertiary/aromatic N) is 1. The predicted octanol–water partition coefficient (Wildman–Crippen LogP) is 4.29. The van der Waals surface area contributed by atoms with Crippen LogP contribution in [0.25, 0.3) is 0 Å². The summed E-state index contributed by atoms with van der Waals surface area (Å²) in [7, 11) is 1.90. The first-order valence-electron chi connectivity index (χ1n) is 7.45. The maximum absolute atomic E-state index is 12.6. The Bertz CT molecular complexity index is 588. The minimum Gasteiger partial charge on any atom is -0.320 e. The summed E-state index contributed by atoms with van der Waals surface area (Å²) in [5.74, 6) is 0.136. The molecule has 1 amide bonds. The fourth-order valence-corrected chi connectivity index (χ4v) is 2.38. The van der Waals surface area contributed by atoms with E-state index in [2.05, 4.69) is 5.32 Å². The molecule has 0 fully saturated rings. The molecule has 2 aromatic rings. The molecule has 0 radical (unpaired) electrons. The third-order valence-electron chi connectivity index (χ3n) is 3.44. The van der Waals surface area contributed by atoms with E-state index in [1.807, 2.05) is 66.5 Å². The molecule has 2 rings (SSSR count). The Hall–Kier alpha value is -1.55. The maximum atomic E-state index is 12.6. The molecule has 124 valence electrons. The van der Waals surface area contributed by atoms with Gasteiger partial charge >= 0.3 is 0 Å². The fourth-order valence-electron chi connectivity index (χ4n) is 2.26. The minimum atomic E-state index is 0. The molecular weight excluding hydrogens is 331 g/mol. The molecule has 5 heteroatoms. The first kappa shape index (κ1) is 19.5. The summed E-state index contributed by atoms with van der Waals surface area (Å²) in [5.41, 5.74) is 1.99. The quantitative estimate of drug-likeness (QED) is 0.753. The van der Waals surface area contributed by atoms with E-state index >= 15 is 0 Å². The zero-order valence-corrected chi connectivity index (χ0v) is 14.7. The lowest BCUT2D eigenvalue weighted by molar-refractivity contribution is -0.118. The third kappa shape index (κ3) is 6.22. The van der Waals surface area contributed by atoms with Gasteiger partial charge in [0, 0.05) is 17.1 Å². The summed E-state index contributed by atoms with van der Waals surface area (Å²) in [6, 6.07) is 17.4. The Balaban J connectivity index is 0.00000264. The van der Waals surface area contributed by atoms with E-state index in [-0.39, 0.29) is 18.3 Å². The standard InChI is InChI=1S/C18H21ClN2O.ClH/c1-20-13-5-8-18(22)21(17-6-3-2-4-7-17)14-15-9-11-16(19)12-10-15;/h2-4,6-7,9-12,20H,5,8,13-14H2,1H3;1H. The van der Waals surface area contributed by atoms with Crippen molar-refractivity contribution in [3.8, 4) is 0 Å². The van der Waals surface area contributed by atoms with Crippen LogP contribution in [0.15, 0.2) is 54.6 Å². The van der Waals surface area contributed by atoms with Crippen LogP contribution in [0.1, 0.15) is 18.4 Å². The van der Waals surface area contributed by atoms with E-state index in [1.54, 1.807) is 0 Å². The van der Waals surface area contributed by atoms with Crippen molar-refractivity contribution in [2.24, 2.45) is 0 Å². The highest BCUT2D eigenvalue weighted by atomic mass is 35.5. The highest BCUT2D eigenvalue weighted by Crippen LogP contribution is 2.19. The van der Waals surface area contributed by atoms with Crippen LogP contribution in [0.2, 0.25) is 5.02 Å². The van der Waals surface area contributed by atoms with Gasteiger partial charge in [0.2, 0.25) is 5.91 Å². The molecule has 0 aliphatic carbocycles.